The van der Waals surface area contributed by atoms with Crippen LogP contribution in [0, 0.1) is 5.82 Å². The molecule has 0 atom stereocenters. The molecular weight excluding hydrogens is 496 g/mol. The van der Waals surface area contributed by atoms with Gasteiger partial charge in [0.25, 0.3) is 0 Å². The van der Waals surface area contributed by atoms with E-state index in [1.54, 1.807) is 19.4 Å². The van der Waals surface area contributed by atoms with Gasteiger partial charge in [0.05, 0.1) is 12.2 Å². The Morgan fingerprint density at radius 1 is 1.03 bits per heavy atom. The standard InChI is InChI=1S/C21H24FN7.HI/c1-23-21(24-15-20-26-25-16-29(20)17-7-3-2-4-8-17)28-13-11-27(12-14-28)19-10-6-5-9-18(19)22;/h2-10,16H,11-15H2,1H3,(H,23,24);1H. The fourth-order valence-electron chi connectivity index (χ4n) is 3.54. The van der Waals surface area contributed by atoms with Crippen molar-refractivity contribution in [3.8, 4) is 5.69 Å². The van der Waals surface area contributed by atoms with Crippen molar-refractivity contribution in [2.45, 2.75) is 6.54 Å². The van der Waals surface area contributed by atoms with Crippen LogP contribution in [0.2, 0.25) is 0 Å². The minimum Gasteiger partial charge on any atom is -0.366 e. The Morgan fingerprint density at radius 3 is 2.43 bits per heavy atom. The fraction of sp³-hybridized carbons (Fsp3) is 0.286. The Morgan fingerprint density at radius 2 is 1.73 bits per heavy atom. The molecule has 1 aliphatic rings. The number of halogens is 2. The van der Waals surface area contributed by atoms with Crippen molar-refractivity contribution in [1.29, 1.82) is 0 Å². The summed E-state index contributed by atoms with van der Waals surface area (Å²) in [6.45, 7) is 3.51. The molecule has 2 aromatic carbocycles. The highest BCUT2D eigenvalue weighted by Crippen LogP contribution is 2.20. The lowest BCUT2D eigenvalue weighted by Crippen LogP contribution is -2.52. The van der Waals surface area contributed by atoms with Crippen molar-refractivity contribution < 1.29 is 4.39 Å². The van der Waals surface area contributed by atoms with Gasteiger partial charge in [-0.05, 0) is 24.3 Å². The molecule has 0 saturated carbocycles. The van der Waals surface area contributed by atoms with Gasteiger partial charge < -0.3 is 15.1 Å². The van der Waals surface area contributed by atoms with Crippen LogP contribution in [0.3, 0.4) is 0 Å². The summed E-state index contributed by atoms with van der Waals surface area (Å²) in [4.78, 5) is 8.67. The Hall–Kier alpha value is -2.69. The van der Waals surface area contributed by atoms with Crippen LogP contribution in [0.25, 0.3) is 5.69 Å². The van der Waals surface area contributed by atoms with Crippen LogP contribution in [-0.4, -0.2) is 58.9 Å². The lowest BCUT2D eigenvalue weighted by molar-refractivity contribution is 0.370. The second-order valence-electron chi connectivity index (χ2n) is 6.78. The zero-order valence-corrected chi connectivity index (χ0v) is 19.1. The summed E-state index contributed by atoms with van der Waals surface area (Å²) in [6.07, 6.45) is 1.71. The molecule has 1 N–H and O–H groups in total. The zero-order chi connectivity index (χ0) is 20.1. The third kappa shape index (κ3) is 4.89. The summed E-state index contributed by atoms with van der Waals surface area (Å²) in [5.41, 5.74) is 1.67. The zero-order valence-electron chi connectivity index (χ0n) is 16.8. The number of hydrogen-bond acceptors (Lipinski definition) is 4. The van der Waals surface area contributed by atoms with Gasteiger partial charge in [0.2, 0.25) is 0 Å². The van der Waals surface area contributed by atoms with Crippen LogP contribution in [-0.2, 0) is 6.54 Å². The van der Waals surface area contributed by atoms with E-state index in [0.29, 0.717) is 12.2 Å². The molecule has 7 nitrogen and oxygen atoms in total. The minimum atomic E-state index is -0.177. The molecule has 0 radical (unpaired) electrons. The number of aliphatic imine (C=N–C) groups is 1. The summed E-state index contributed by atoms with van der Waals surface area (Å²) in [6, 6.07) is 16.9. The molecule has 30 heavy (non-hydrogen) atoms. The van der Waals surface area contributed by atoms with Gasteiger partial charge in [0.1, 0.15) is 12.1 Å². The molecule has 4 rings (SSSR count). The van der Waals surface area contributed by atoms with E-state index in [9.17, 15) is 4.39 Å². The number of para-hydroxylation sites is 2. The van der Waals surface area contributed by atoms with Crippen molar-refractivity contribution in [1.82, 2.24) is 25.0 Å². The number of anilines is 1. The van der Waals surface area contributed by atoms with Gasteiger partial charge >= 0.3 is 0 Å². The summed E-state index contributed by atoms with van der Waals surface area (Å²) in [5, 5.41) is 11.7. The average molecular weight is 521 g/mol. The Balaban J connectivity index is 0.00000256. The molecule has 1 aromatic heterocycles. The third-order valence-electron chi connectivity index (χ3n) is 5.04. The van der Waals surface area contributed by atoms with E-state index in [-0.39, 0.29) is 29.8 Å². The molecule has 9 heteroatoms. The number of nitrogens with zero attached hydrogens (tertiary/aromatic N) is 6. The number of benzene rings is 2. The quantitative estimate of drug-likeness (QED) is 0.325. The number of piperazine rings is 1. The number of nitrogens with one attached hydrogen (secondary N) is 1. The van der Waals surface area contributed by atoms with Crippen LogP contribution in [0.4, 0.5) is 10.1 Å². The highest BCUT2D eigenvalue weighted by Gasteiger charge is 2.21. The first kappa shape index (κ1) is 22.0. The monoisotopic (exact) mass is 521 g/mol. The van der Waals surface area contributed by atoms with Gasteiger partial charge in [0.15, 0.2) is 11.8 Å². The van der Waals surface area contributed by atoms with Gasteiger partial charge in [-0.15, -0.1) is 34.2 Å². The first-order valence-corrected chi connectivity index (χ1v) is 9.65. The minimum absolute atomic E-state index is 0. The molecule has 2 heterocycles. The second-order valence-corrected chi connectivity index (χ2v) is 6.78. The molecule has 3 aromatic rings. The van der Waals surface area contributed by atoms with E-state index < -0.39 is 0 Å². The van der Waals surface area contributed by atoms with E-state index in [1.165, 1.54) is 6.07 Å². The van der Waals surface area contributed by atoms with Crippen LogP contribution in [0.1, 0.15) is 5.82 Å². The number of guanidine groups is 1. The van der Waals surface area contributed by atoms with Gasteiger partial charge in [-0.25, -0.2) is 4.39 Å². The molecule has 0 amide bonds. The molecule has 158 valence electrons. The van der Waals surface area contributed by atoms with Gasteiger partial charge in [0, 0.05) is 38.9 Å². The van der Waals surface area contributed by atoms with E-state index in [0.717, 1.165) is 43.7 Å². The molecule has 1 fully saturated rings. The lowest BCUT2D eigenvalue weighted by Gasteiger charge is -2.37. The molecule has 0 spiro atoms. The Bertz CT molecular complexity index is 968. The molecule has 0 unspecified atom stereocenters. The highest BCUT2D eigenvalue weighted by atomic mass is 127. The fourth-order valence-corrected chi connectivity index (χ4v) is 3.54. The molecular formula is C21H25FIN7. The molecule has 0 bridgehead atoms. The Labute approximate surface area is 192 Å². The lowest BCUT2D eigenvalue weighted by atomic mass is 10.2. The van der Waals surface area contributed by atoms with Crippen molar-refractivity contribution >= 4 is 35.6 Å². The van der Waals surface area contributed by atoms with Crippen molar-refractivity contribution in [3.63, 3.8) is 0 Å². The molecule has 1 saturated heterocycles. The van der Waals surface area contributed by atoms with E-state index >= 15 is 0 Å². The van der Waals surface area contributed by atoms with Crippen molar-refractivity contribution in [3.05, 3.63) is 72.6 Å². The number of hydrogen-bond donors (Lipinski definition) is 1. The largest absolute Gasteiger partial charge is 0.366 e. The predicted octanol–water partition coefficient (Wildman–Crippen LogP) is 2.92. The summed E-state index contributed by atoms with van der Waals surface area (Å²) < 4.78 is 16.0. The van der Waals surface area contributed by atoms with E-state index in [2.05, 4.69) is 30.3 Å². The maximum Gasteiger partial charge on any atom is 0.194 e. The van der Waals surface area contributed by atoms with Crippen molar-refractivity contribution in [2.75, 3.05) is 38.1 Å². The highest BCUT2D eigenvalue weighted by molar-refractivity contribution is 14.0. The number of aromatic nitrogens is 3. The summed E-state index contributed by atoms with van der Waals surface area (Å²) >= 11 is 0. The van der Waals surface area contributed by atoms with Crippen LogP contribution in [0.15, 0.2) is 65.9 Å². The van der Waals surface area contributed by atoms with Gasteiger partial charge in [-0.2, -0.15) is 0 Å². The van der Waals surface area contributed by atoms with Crippen LogP contribution in [0.5, 0.6) is 0 Å². The maximum atomic E-state index is 14.0. The normalized spacial score (nSPS) is 14.4. The topological polar surface area (TPSA) is 61.6 Å². The maximum absolute atomic E-state index is 14.0. The predicted molar refractivity (Wildman–Crippen MR) is 127 cm³/mol. The smallest absolute Gasteiger partial charge is 0.194 e. The Kier molecular flexibility index (Phi) is 7.61. The summed E-state index contributed by atoms with van der Waals surface area (Å²) in [5.74, 6) is 1.44. The summed E-state index contributed by atoms with van der Waals surface area (Å²) in [7, 11) is 1.77. The van der Waals surface area contributed by atoms with Gasteiger partial charge in [-0.3, -0.25) is 9.56 Å². The average Bonchev–Trinajstić information content (AvgIpc) is 3.24. The number of rotatable bonds is 4. The third-order valence-corrected chi connectivity index (χ3v) is 5.04. The van der Waals surface area contributed by atoms with E-state index in [1.807, 2.05) is 47.0 Å². The van der Waals surface area contributed by atoms with Crippen molar-refractivity contribution in [2.24, 2.45) is 4.99 Å². The first-order chi connectivity index (χ1) is 14.3. The van der Waals surface area contributed by atoms with Crippen LogP contribution >= 0.6 is 24.0 Å². The first-order valence-electron chi connectivity index (χ1n) is 9.65. The SMILES string of the molecule is CN=C(NCc1nncn1-c1ccccc1)N1CCN(c2ccccc2F)CC1.I. The van der Waals surface area contributed by atoms with Crippen LogP contribution < -0.4 is 10.2 Å². The molecule has 1 aliphatic heterocycles. The van der Waals surface area contributed by atoms with Gasteiger partial charge in [-0.1, -0.05) is 30.3 Å². The molecule has 0 aliphatic carbocycles. The second kappa shape index (κ2) is 10.4. The van der Waals surface area contributed by atoms with E-state index in [4.69, 9.17) is 0 Å².